The quantitative estimate of drug-likeness (QED) is 0.583. The van der Waals surface area contributed by atoms with E-state index in [-0.39, 0.29) is 6.61 Å². The summed E-state index contributed by atoms with van der Waals surface area (Å²) in [5.74, 6) is 0. The molecule has 1 saturated heterocycles. The van der Waals surface area contributed by atoms with E-state index in [0.717, 1.165) is 32.4 Å². The Bertz CT molecular complexity index is 258. The Morgan fingerprint density at radius 2 is 1.79 bits per heavy atom. The van der Waals surface area contributed by atoms with E-state index in [1.54, 1.807) is 0 Å². The minimum Gasteiger partial charge on any atom is -0.304 e. The van der Waals surface area contributed by atoms with Crippen LogP contribution in [0.3, 0.4) is 0 Å². The number of piperazine rings is 1. The lowest BCUT2D eigenvalue weighted by atomic mass is 10.3. The van der Waals surface area contributed by atoms with Gasteiger partial charge in [-0.15, -0.1) is 0 Å². The van der Waals surface area contributed by atoms with E-state index in [0.29, 0.717) is 6.54 Å². The van der Waals surface area contributed by atoms with Crippen LogP contribution >= 0.6 is 0 Å². The standard InChI is InChI=1S/C8H18N2O3S/c1-9-3-5-10(6-4-9)7-8-13-14(2,11)12/h3-8H2,1-2H3. The van der Waals surface area contributed by atoms with E-state index in [9.17, 15) is 8.42 Å². The number of nitrogens with zero attached hydrogens (tertiary/aromatic N) is 2. The van der Waals surface area contributed by atoms with Gasteiger partial charge >= 0.3 is 0 Å². The van der Waals surface area contributed by atoms with Crippen molar-refractivity contribution in [3.63, 3.8) is 0 Å². The molecule has 0 saturated carbocycles. The van der Waals surface area contributed by atoms with E-state index in [4.69, 9.17) is 0 Å². The first-order chi connectivity index (χ1) is 6.47. The molecule has 0 N–H and O–H groups in total. The number of rotatable bonds is 4. The maximum atomic E-state index is 10.7. The first-order valence-electron chi connectivity index (χ1n) is 4.73. The fraction of sp³-hybridized carbons (Fsp3) is 1.00. The van der Waals surface area contributed by atoms with Crippen molar-refractivity contribution in [2.24, 2.45) is 0 Å². The zero-order chi connectivity index (χ0) is 10.6. The second kappa shape index (κ2) is 5.06. The molecule has 0 aromatic rings. The van der Waals surface area contributed by atoms with E-state index in [2.05, 4.69) is 21.0 Å². The van der Waals surface area contributed by atoms with E-state index < -0.39 is 10.1 Å². The van der Waals surface area contributed by atoms with Crippen LogP contribution in [0.15, 0.2) is 0 Å². The molecule has 6 heteroatoms. The predicted octanol–water partition coefficient (Wildman–Crippen LogP) is -0.790. The maximum Gasteiger partial charge on any atom is 0.264 e. The zero-order valence-electron chi connectivity index (χ0n) is 8.77. The molecular weight excluding hydrogens is 204 g/mol. The van der Waals surface area contributed by atoms with Gasteiger partial charge in [-0.05, 0) is 7.05 Å². The molecule has 0 amide bonds. The first-order valence-corrected chi connectivity index (χ1v) is 6.54. The Morgan fingerprint density at radius 1 is 1.21 bits per heavy atom. The normalized spacial score (nSPS) is 21.3. The Hall–Kier alpha value is -0.170. The molecule has 1 fully saturated rings. The Morgan fingerprint density at radius 3 is 2.29 bits per heavy atom. The smallest absolute Gasteiger partial charge is 0.264 e. The van der Waals surface area contributed by atoms with Crippen molar-refractivity contribution in [3.05, 3.63) is 0 Å². The summed E-state index contributed by atoms with van der Waals surface area (Å²) in [6.07, 6.45) is 1.08. The van der Waals surface area contributed by atoms with E-state index >= 15 is 0 Å². The van der Waals surface area contributed by atoms with E-state index in [1.807, 2.05) is 0 Å². The molecule has 0 bridgehead atoms. The van der Waals surface area contributed by atoms with Crippen molar-refractivity contribution < 1.29 is 12.6 Å². The van der Waals surface area contributed by atoms with Crippen molar-refractivity contribution in [2.45, 2.75) is 0 Å². The van der Waals surface area contributed by atoms with Crippen LogP contribution < -0.4 is 0 Å². The number of hydrogen-bond acceptors (Lipinski definition) is 5. The van der Waals surface area contributed by atoms with Gasteiger partial charge in [0.25, 0.3) is 10.1 Å². The lowest BCUT2D eigenvalue weighted by molar-refractivity contribution is 0.135. The third-order valence-corrected chi connectivity index (χ3v) is 2.90. The molecule has 84 valence electrons. The lowest BCUT2D eigenvalue weighted by Gasteiger charge is -2.31. The largest absolute Gasteiger partial charge is 0.304 e. The van der Waals surface area contributed by atoms with Gasteiger partial charge in [0, 0.05) is 32.7 Å². The Balaban J connectivity index is 2.14. The highest BCUT2D eigenvalue weighted by Gasteiger charge is 2.13. The average Bonchev–Trinajstić information content (AvgIpc) is 2.06. The van der Waals surface area contributed by atoms with E-state index in [1.165, 1.54) is 0 Å². The molecule has 1 heterocycles. The van der Waals surface area contributed by atoms with Crippen molar-refractivity contribution in [1.82, 2.24) is 9.80 Å². The van der Waals surface area contributed by atoms with Crippen LogP contribution in [0, 0.1) is 0 Å². The highest BCUT2D eigenvalue weighted by molar-refractivity contribution is 7.85. The SMILES string of the molecule is CN1CCN(CCOS(C)(=O)=O)CC1. The Kier molecular flexibility index (Phi) is 4.31. The molecule has 0 unspecified atom stereocenters. The predicted molar refractivity (Wildman–Crippen MR) is 54.7 cm³/mol. The lowest BCUT2D eigenvalue weighted by Crippen LogP contribution is -2.45. The van der Waals surface area contributed by atoms with Gasteiger partial charge in [0.1, 0.15) is 0 Å². The maximum absolute atomic E-state index is 10.7. The summed E-state index contributed by atoms with van der Waals surface area (Å²) in [4.78, 5) is 4.47. The summed E-state index contributed by atoms with van der Waals surface area (Å²) in [5, 5.41) is 0. The fourth-order valence-corrected chi connectivity index (χ4v) is 1.77. The minimum absolute atomic E-state index is 0.266. The highest BCUT2D eigenvalue weighted by atomic mass is 32.2. The molecule has 0 aromatic heterocycles. The zero-order valence-corrected chi connectivity index (χ0v) is 9.59. The topological polar surface area (TPSA) is 49.9 Å². The minimum atomic E-state index is -3.27. The summed E-state index contributed by atoms with van der Waals surface area (Å²) < 4.78 is 26.0. The second-order valence-electron chi connectivity index (χ2n) is 3.67. The molecule has 1 aliphatic rings. The summed E-state index contributed by atoms with van der Waals surface area (Å²) >= 11 is 0. The van der Waals surface area contributed by atoms with Crippen LogP contribution in [0.5, 0.6) is 0 Å². The summed E-state index contributed by atoms with van der Waals surface area (Å²) in [6.45, 7) is 5.02. The van der Waals surface area contributed by atoms with Crippen molar-refractivity contribution >= 4 is 10.1 Å². The molecule has 1 rings (SSSR count). The first kappa shape index (κ1) is 11.9. The monoisotopic (exact) mass is 222 g/mol. The van der Waals surface area contributed by atoms with Crippen molar-refractivity contribution in [1.29, 1.82) is 0 Å². The highest BCUT2D eigenvalue weighted by Crippen LogP contribution is 1.98. The third kappa shape index (κ3) is 4.90. The van der Waals surface area contributed by atoms with Gasteiger partial charge in [-0.2, -0.15) is 8.42 Å². The molecule has 0 aliphatic carbocycles. The van der Waals surface area contributed by atoms with Crippen LogP contribution in [0.25, 0.3) is 0 Å². The van der Waals surface area contributed by atoms with Crippen molar-refractivity contribution in [3.8, 4) is 0 Å². The molecular formula is C8H18N2O3S. The number of hydrogen-bond donors (Lipinski definition) is 0. The van der Waals surface area contributed by atoms with Crippen LogP contribution in [0.4, 0.5) is 0 Å². The fourth-order valence-electron chi connectivity index (χ4n) is 1.39. The van der Waals surface area contributed by atoms with Gasteiger partial charge in [0.2, 0.25) is 0 Å². The van der Waals surface area contributed by atoms with Crippen molar-refractivity contribution in [2.75, 3.05) is 52.6 Å². The molecule has 1 aliphatic heterocycles. The Labute approximate surface area is 85.8 Å². The van der Waals surface area contributed by atoms with Gasteiger partial charge in [0.05, 0.1) is 12.9 Å². The molecule has 0 atom stereocenters. The summed E-state index contributed by atoms with van der Waals surface area (Å²) in [5.41, 5.74) is 0. The van der Waals surface area contributed by atoms with Gasteiger partial charge in [-0.1, -0.05) is 0 Å². The van der Waals surface area contributed by atoms with Gasteiger partial charge < -0.3 is 4.90 Å². The van der Waals surface area contributed by atoms with Crippen LogP contribution in [0.1, 0.15) is 0 Å². The van der Waals surface area contributed by atoms with Crippen LogP contribution in [-0.2, 0) is 14.3 Å². The van der Waals surface area contributed by atoms with Crippen LogP contribution in [-0.4, -0.2) is 70.9 Å². The van der Waals surface area contributed by atoms with Gasteiger partial charge in [-0.25, -0.2) is 0 Å². The molecule has 0 aromatic carbocycles. The average molecular weight is 222 g/mol. The van der Waals surface area contributed by atoms with Gasteiger partial charge in [0.15, 0.2) is 0 Å². The van der Waals surface area contributed by atoms with Crippen LogP contribution in [0.2, 0.25) is 0 Å². The molecule has 0 spiro atoms. The van der Waals surface area contributed by atoms with Gasteiger partial charge in [-0.3, -0.25) is 9.08 Å². The molecule has 0 radical (unpaired) electrons. The number of likely N-dealkylation sites (N-methyl/N-ethyl adjacent to an activating group) is 1. The second-order valence-corrected chi connectivity index (χ2v) is 5.31. The molecule has 5 nitrogen and oxygen atoms in total. The summed E-state index contributed by atoms with van der Waals surface area (Å²) in [6, 6.07) is 0. The molecule has 14 heavy (non-hydrogen) atoms. The summed E-state index contributed by atoms with van der Waals surface area (Å²) in [7, 11) is -1.19. The third-order valence-electron chi connectivity index (χ3n) is 2.30.